The van der Waals surface area contributed by atoms with Crippen LogP contribution in [0.4, 0.5) is 19.1 Å². The SMILES string of the molecule is COc1nc(NS(=O)(=O)c2c[nH]c3c(OCF)c(Cl)ccc23)ncc1CC(F)F. The number of methoxy groups -OCH3 is 1. The Morgan fingerprint density at radius 3 is 2.76 bits per heavy atom. The van der Waals surface area contributed by atoms with E-state index in [4.69, 9.17) is 21.1 Å². The van der Waals surface area contributed by atoms with Crippen LogP contribution in [0.2, 0.25) is 5.02 Å². The number of hydrogen-bond acceptors (Lipinski definition) is 6. The first-order chi connectivity index (χ1) is 13.8. The summed E-state index contributed by atoms with van der Waals surface area (Å²) in [5.41, 5.74) is 0.210. The zero-order valence-electron chi connectivity index (χ0n) is 14.7. The molecule has 0 aliphatic carbocycles. The van der Waals surface area contributed by atoms with E-state index in [1.165, 1.54) is 19.2 Å². The molecule has 0 amide bonds. The predicted molar refractivity (Wildman–Crippen MR) is 99.0 cm³/mol. The van der Waals surface area contributed by atoms with Crippen LogP contribution in [-0.2, 0) is 16.4 Å². The Balaban J connectivity index is 1.97. The molecule has 29 heavy (non-hydrogen) atoms. The third-order valence-corrected chi connectivity index (χ3v) is 5.49. The molecule has 2 N–H and O–H groups in total. The first-order valence-corrected chi connectivity index (χ1v) is 9.82. The highest BCUT2D eigenvalue weighted by atomic mass is 35.5. The molecule has 0 spiro atoms. The summed E-state index contributed by atoms with van der Waals surface area (Å²) >= 11 is 5.96. The monoisotopic (exact) mass is 450 g/mol. The summed E-state index contributed by atoms with van der Waals surface area (Å²) in [6, 6.07) is 2.78. The molecule has 3 aromatic rings. The van der Waals surface area contributed by atoms with Crippen molar-refractivity contribution < 1.29 is 31.1 Å². The van der Waals surface area contributed by atoms with Crippen molar-refractivity contribution in [2.45, 2.75) is 17.7 Å². The number of benzene rings is 1. The van der Waals surface area contributed by atoms with Gasteiger partial charge in [-0.1, -0.05) is 11.6 Å². The highest BCUT2D eigenvalue weighted by molar-refractivity contribution is 7.93. The highest BCUT2D eigenvalue weighted by Gasteiger charge is 2.23. The molecule has 156 valence electrons. The second kappa shape index (κ2) is 8.33. The zero-order valence-corrected chi connectivity index (χ0v) is 16.3. The Labute approximate surface area is 168 Å². The molecule has 2 heterocycles. The summed E-state index contributed by atoms with van der Waals surface area (Å²) in [5.74, 6) is -0.590. The number of aromatic amines is 1. The summed E-state index contributed by atoms with van der Waals surface area (Å²) in [5, 5.41) is 0.281. The van der Waals surface area contributed by atoms with E-state index in [9.17, 15) is 21.6 Å². The quantitative estimate of drug-likeness (QED) is 0.543. The summed E-state index contributed by atoms with van der Waals surface area (Å²) < 4.78 is 75.2. The number of fused-ring (bicyclic) bond motifs is 1. The van der Waals surface area contributed by atoms with Crippen LogP contribution in [0.3, 0.4) is 0 Å². The van der Waals surface area contributed by atoms with E-state index in [0.29, 0.717) is 0 Å². The number of rotatable bonds is 8. The molecule has 13 heteroatoms. The number of nitrogens with zero attached hydrogens (tertiary/aromatic N) is 2. The van der Waals surface area contributed by atoms with Crippen molar-refractivity contribution in [1.29, 1.82) is 0 Å². The Kier molecular flexibility index (Phi) is 6.03. The molecular weight excluding hydrogens is 437 g/mol. The first-order valence-electron chi connectivity index (χ1n) is 7.96. The Morgan fingerprint density at radius 1 is 1.34 bits per heavy atom. The highest BCUT2D eigenvalue weighted by Crippen LogP contribution is 2.36. The van der Waals surface area contributed by atoms with Crippen LogP contribution in [0.1, 0.15) is 5.56 Å². The molecule has 0 saturated carbocycles. The summed E-state index contributed by atoms with van der Waals surface area (Å²) in [6.07, 6.45) is -1.07. The van der Waals surface area contributed by atoms with Crippen LogP contribution in [0, 0.1) is 0 Å². The van der Waals surface area contributed by atoms with Crippen molar-refractivity contribution in [2.24, 2.45) is 0 Å². The second-order valence-electron chi connectivity index (χ2n) is 5.63. The number of H-pyrrole nitrogens is 1. The lowest BCUT2D eigenvalue weighted by atomic mass is 10.2. The molecule has 0 aliphatic rings. The van der Waals surface area contributed by atoms with Crippen molar-refractivity contribution >= 4 is 38.5 Å². The van der Waals surface area contributed by atoms with Crippen LogP contribution >= 0.6 is 11.6 Å². The van der Waals surface area contributed by atoms with Crippen molar-refractivity contribution in [3.8, 4) is 11.6 Å². The molecule has 0 bridgehead atoms. The van der Waals surface area contributed by atoms with E-state index < -0.39 is 29.7 Å². The molecule has 0 radical (unpaired) electrons. The van der Waals surface area contributed by atoms with Gasteiger partial charge in [0.05, 0.1) is 17.6 Å². The molecule has 8 nitrogen and oxygen atoms in total. The maximum absolute atomic E-state index is 12.8. The summed E-state index contributed by atoms with van der Waals surface area (Å²) in [4.78, 5) is 10.1. The fraction of sp³-hybridized carbons (Fsp3) is 0.250. The number of sulfonamides is 1. The van der Waals surface area contributed by atoms with E-state index in [0.717, 1.165) is 12.4 Å². The van der Waals surface area contributed by atoms with Crippen molar-refractivity contribution in [3.63, 3.8) is 0 Å². The zero-order chi connectivity index (χ0) is 21.2. The van der Waals surface area contributed by atoms with Crippen molar-refractivity contribution in [2.75, 3.05) is 18.7 Å². The topological polar surface area (TPSA) is 106 Å². The Bertz CT molecular complexity index is 1140. The number of halogens is 4. The number of ether oxygens (including phenoxy) is 2. The van der Waals surface area contributed by atoms with Gasteiger partial charge in [0.2, 0.25) is 25.1 Å². The maximum atomic E-state index is 12.8. The minimum atomic E-state index is -4.20. The van der Waals surface area contributed by atoms with Crippen LogP contribution in [0.15, 0.2) is 29.4 Å². The molecule has 0 aliphatic heterocycles. The molecule has 0 atom stereocenters. The van der Waals surface area contributed by atoms with Gasteiger partial charge in [0.15, 0.2) is 5.75 Å². The number of anilines is 1. The van der Waals surface area contributed by atoms with Crippen molar-refractivity contribution in [1.82, 2.24) is 15.0 Å². The van der Waals surface area contributed by atoms with Crippen LogP contribution in [0.25, 0.3) is 10.9 Å². The van der Waals surface area contributed by atoms with Gasteiger partial charge in [0.1, 0.15) is 4.90 Å². The molecule has 3 rings (SSSR count). The van der Waals surface area contributed by atoms with Crippen LogP contribution < -0.4 is 14.2 Å². The van der Waals surface area contributed by atoms with Gasteiger partial charge < -0.3 is 14.5 Å². The smallest absolute Gasteiger partial charge is 0.266 e. The van der Waals surface area contributed by atoms with E-state index in [2.05, 4.69) is 19.7 Å². The predicted octanol–water partition coefficient (Wildman–Crippen LogP) is 3.53. The van der Waals surface area contributed by atoms with Gasteiger partial charge in [-0.3, -0.25) is 0 Å². The molecule has 0 unspecified atom stereocenters. The summed E-state index contributed by atoms with van der Waals surface area (Å²) in [7, 11) is -2.99. The van der Waals surface area contributed by atoms with Gasteiger partial charge in [-0.25, -0.2) is 31.3 Å². The lowest BCUT2D eigenvalue weighted by molar-refractivity contribution is 0.147. The molecule has 0 saturated heterocycles. The average molecular weight is 451 g/mol. The standard InChI is InChI=1S/C16H14ClF3N4O4S/c1-27-15-8(4-12(19)20)5-22-16(23-15)24-29(25,26)11-6-21-13-9(11)2-3-10(17)14(13)28-7-18/h2-3,5-6,12,21H,4,7H2,1H3,(H,22,23,24). The fourth-order valence-electron chi connectivity index (χ4n) is 2.64. The minimum absolute atomic E-state index is 0.0280. The molecule has 2 aromatic heterocycles. The number of hydrogen-bond donors (Lipinski definition) is 2. The number of alkyl halides is 3. The Morgan fingerprint density at radius 2 is 2.10 bits per heavy atom. The lowest BCUT2D eigenvalue weighted by Crippen LogP contribution is -2.15. The fourth-order valence-corrected chi connectivity index (χ4v) is 3.97. The largest absolute Gasteiger partial charge is 0.481 e. The number of nitrogens with one attached hydrogen (secondary N) is 2. The second-order valence-corrected chi connectivity index (χ2v) is 7.69. The molecular formula is C16H14ClF3N4O4S. The van der Waals surface area contributed by atoms with Gasteiger partial charge in [-0.15, -0.1) is 0 Å². The molecule has 1 aromatic carbocycles. The average Bonchev–Trinajstić information content (AvgIpc) is 3.10. The van der Waals surface area contributed by atoms with Crippen molar-refractivity contribution in [3.05, 3.63) is 35.1 Å². The van der Waals surface area contributed by atoms with Gasteiger partial charge in [-0.2, -0.15) is 4.98 Å². The minimum Gasteiger partial charge on any atom is -0.481 e. The third kappa shape index (κ3) is 4.32. The van der Waals surface area contributed by atoms with Crippen LogP contribution in [0.5, 0.6) is 11.6 Å². The normalized spacial score (nSPS) is 11.8. The van der Waals surface area contributed by atoms with Crippen LogP contribution in [-0.4, -0.2) is 43.8 Å². The van der Waals surface area contributed by atoms with E-state index in [1.54, 1.807) is 0 Å². The lowest BCUT2D eigenvalue weighted by Gasteiger charge is -2.10. The summed E-state index contributed by atoms with van der Waals surface area (Å²) in [6.45, 7) is -1.16. The Hall–Kier alpha value is -2.73. The van der Waals surface area contributed by atoms with E-state index in [-0.39, 0.29) is 44.0 Å². The van der Waals surface area contributed by atoms with Gasteiger partial charge in [-0.05, 0) is 12.1 Å². The van der Waals surface area contributed by atoms with E-state index >= 15 is 0 Å². The van der Waals surface area contributed by atoms with Gasteiger partial charge in [0, 0.05) is 29.8 Å². The third-order valence-electron chi connectivity index (χ3n) is 3.83. The first kappa shape index (κ1) is 21.0. The van der Waals surface area contributed by atoms with Gasteiger partial charge >= 0.3 is 0 Å². The maximum Gasteiger partial charge on any atom is 0.266 e. The number of aromatic nitrogens is 3. The van der Waals surface area contributed by atoms with E-state index in [1.807, 2.05) is 0 Å². The molecule has 0 fully saturated rings. The van der Waals surface area contributed by atoms with Gasteiger partial charge in [0.25, 0.3) is 10.0 Å².